The number of methoxy groups -OCH3 is 1. The van der Waals surface area contributed by atoms with Crippen LogP contribution in [-0.4, -0.2) is 13.7 Å². The maximum atomic E-state index is 6.61. The lowest BCUT2D eigenvalue weighted by Gasteiger charge is -2.14. The first-order chi connectivity index (χ1) is 9.61. The first-order valence-electron chi connectivity index (χ1n) is 6.59. The molecule has 20 heavy (non-hydrogen) atoms. The van der Waals surface area contributed by atoms with Crippen molar-refractivity contribution in [3.8, 4) is 0 Å². The van der Waals surface area contributed by atoms with Crippen LogP contribution in [-0.2, 0) is 11.2 Å². The second kappa shape index (κ2) is 7.26. The van der Waals surface area contributed by atoms with Crippen molar-refractivity contribution in [2.45, 2.75) is 18.7 Å². The third-order valence-electron chi connectivity index (χ3n) is 3.29. The average Bonchev–Trinajstić information content (AvgIpc) is 2.47. The van der Waals surface area contributed by atoms with Gasteiger partial charge in [-0.15, -0.1) is 11.6 Å². The molecule has 1 atom stereocenters. The summed E-state index contributed by atoms with van der Waals surface area (Å²) in [6.45, 7) is 2.82. The smallest absolute Gasteiger partial charge is 0.0846 e. The highest BCUT2D eigenvalue weighted by Crippen LogP contribution is 2.34. The molecular formula is C17H18BrClO. The minimum absolute atomic E-state index is 0.138. The third kappa shape index (κ3) is 3.85. The Morgan fingerprint density at radius 1 is 1.15 bits per heavy atom. The van der Waals surface area contributed by atoms with Crippen molar-refractivity contribution in [1.82, 2.24) is 0 Å². The van der Waals surface area contributed by atoms with Crippen LogP contribution in [0.1, 0.15) is 27.6 Å². The largest absolute Gasteiger partial charge is 0.384 e. The SMILES string of the molecule is COCCc1ccc(C(Cl)c2cc(C)ccc2Br)cc1. The fourth-order valence-corrected chi connectivity index (χ4v) is 3.04. The van der Waals surface area contributed by atoms with Gasteiger partial charge in [-0.2, -0.15) is 0 Å². The van der Waals surface area contributed by atoms with Gasteiger partial charge in [-0.05, 0) is 36.1 Å². The van der Waals surface area contributed by atoms with E-state index in [-0.39, 0.29) is 5.38 Å². The Morgan fingerprint density at radius 3 is 2.50 bits per heavy atom. The zero-order chi connectivity index (χ0) is 14.5. The van der Waals surface area contributed by atoms with Gasteiger partial charge in [0.25, 0.3) is 0 Å². The van der Waals surface area contributed by atoms with Gasteiger partial charge < -0.3 is 4.74 Å². The van der Waals surface area contributed by atoms with Crippen LogP contribution in [0.25, 0.3) is 0 Å². The van der Waals surface area contributed by atoms with Gasteiger partial charge in [0.15, 0.2) is 0 Å². The zero-order valence-electron chi connectivity index (χ0n) is 11.7. The summed E-state index contributed by atoms with van der Waals surface area (Å²) in [5.41, 5.74) is 4.70. The topological polar surface area (TPSA) is 9.23 Å². The molecule has 0 spiro atoms. The van der Waals surface area contributed by atoms with Crippen LogP contribution in [0.4, 0.5) is 0 Å². The Hall–Kier alpha value is -0.830. The first-order valence-corrected chi connectivity index (χ1v) is 7.82. The predicted molar refractivity (Wildman–Crippen MR) is 88.6 cm³/mol. The molecule has 0 aromatic heterocycles. The van der Waals surface area contributed by atoms with Crippen molar-refractivity contribution in [3.05, 3.63) is 69.2 Å². The molecule has 0 N–H and O–H groups in total. The van der Waals surface area contributed by atoms with E-state index in [4.69, 9.17) is 16.3 Å². The van der Waals surface area contributed by atoms with E-state index in [1.165, 1.54) is 11.1 Å². The van der Waals surface area contributed by atoms with Gasteiger partial charge in [0, 0.05) is 11.6 Å². The highest BCUT2D eigenvalue weighted by atomic mass is 79.9. The number of alkyl halides is 1. The second-order valence-corrected chi connectivity index (χ2v) is 6.16. The summed E-state index contributed by atoms with van der Waals surface area (Å²) in [6, 6.07) is 14.7. The highest BCUT2D eigenvalue weighted by molar-refractivity contribution is 9.10. The van der Waals surface area contributed by atoms with Crippen LogP contribution in [0.3, 0.4) is 0 Å². The Bertz CT molecular complexity index is 566. The molecule has 0 aliphatic carbocycles. The normalized spacial score (nSPS) is 12.4. The Labute approximate surface area is 134 Å². The lowest BCUT2D eigenvalue weighted by Crippen LogP contribution is -1.98. The number of hydrogen-bond acceptors (Lipinski definition) is 1. The van der Waals surface area contributed by atoms with E-state index in [1.54, 1.807) is 7.11 Å². The summed E-state index contributed by atoms with van der Waals surface area (Å²) in [5.74, 6) is 0. The van der Waals surface area contributed by atoms with E-state index >= 15 is 0 Å². The number of benzene rings is 2. The van der Waals surface area contributed by atoms with Crippen LogP contribution < -0.4 is 0 Å². The van der Waals surface area contributed by atoms with Crippen LogP contribution >= 0.6 is 27.5 Å². The van der Waals surface area contributed by atoms with Gasteiger partial charge in [0.1, 0.15) is 0 Å². The lowest BCUT2D eigenvalue weighted by molar-refractivity contribution is 0.202. The monoisotopic (exact) mass is 352 g/mol. The summed E-state index contributed by atoms with van der Waals surface area (Å²) in [7, 11) is 1.72. The van der Waals surface area contributed by atoms with Crippen molar-refractivity contribution in [2.75, 3.05) is 13.7 Å². The van der Waals surface area contributed by atoms with E-state index in [9.17, 15) is 0 Å². The molecule has 106 valence electrons. The molecule has 2 aromatic carbocycles. The van der Waals surface area contributed by atoms with Gasteiger partial charge in [-0.25, -0.2) is 0 Å². The van der Waals surface area contributed by atoms with Crippen molar-refractivity contribution >= 4 is 27.5 Å². The zero-order valence-corrected chi connectivity index (χ0v) is 14.0. The summed E-state index contributed by atoms with van der Waals surface area (Å²) >= 11 is 10.2. The van der Waals surface area contributed by atoms with E-state index in [0.29, 0.717) is 0 Å². The quantitative estimate of drug-likeness (QED) is 0.665. The van der Waals surface area contributed by atoms with Gasteiger partial charge in [0.2, 0.25) is 0 Å². The minimum Gasteiger partial charge on any atom is -0.384 e. The molecule has 1 nitrogen and oxygen atoms in total. The van der Waals surface area contributed by atoms with Crippen LogP contribution in [0.15, 0.2) is 46.9 Å². The summed E-state index contributed by atoms with van der Waals surface area (Å²) in [4.78, 5) is 0. The Kier molecular flexibility index (Phi) is 5.64. The molecule has 0 amide bonds. The maximum absolute atomic E-state index is 6.61. The van der Waals surface area contributed by atoms with Crippen molar-refractivity contribution in [3.63, 3.8) is 0 Å². The number of halogens is 2. The molecule has 2 rings (SSSR count). The standard InChI is InChI=1S/C17H18BrClO/c1-12-3-8-16(18)15(11-12)17(19)14-6-4-13(5-7-14)9-10-20-2/h3-8,11,17H,9-10H2,1-2H3. The summed E-state index contributed by atoms with van der Waals surface area (Å²) in [5, 5.41) is -0.138. The number of aryl methyl sites for hydroxylation is 1. The summed E-state index contributed by atoms with van der Waals surface area (Å²) < 4.78 is 6.14. The van der Waals surface area contributed by atoms with Crippen LogP contribution in [0.2, 0.25) is 0 Å². The predicted octanol–water partition coefficient (Wildman–Crippen LogP) is 5.27. The fraction of sp³-hybridized carbons (Fsp3) is 0.294. The van der Waals surface area contributed by atoms with Crippen molar-refractivity contribution in [2.24, 2.45) is 0 Å². The number of hydrogen-bond donors (Lipinski definition) is 0. The van der Waals surface area contributed by atoms with Gasteiger partial charge in [-0.3, -0.25) is 0 Å². The molecule has 0 saturated carbocycles. The molecular weight excluding hydrogens is 336 g/mol. The molecule has 1 unspecified atom stereocenters. The van der Waals surface area contributed by atoms with Crippen molar-refractivity contribution in [1.29, 1.82) is 0 Å². The molecule has 0 aliphatic rings. The Balaban J connectivity index is 2.20. The van der Waals surface area contributed by atoms with Gasteiger partial charge >= 0.3 is 0 Å². The van der Waals surface area contributed by atoms with Crippen LogP contribution in [0.5, 0.6) is 0 Å². The molecule has 0 bridgehead atoms. The van der Waals surface area contributed by atoms with E-state index in [1.807, 2.05) is 6.07 Å². The fourth-order valence-electron chi connectivity index (χ4n) is 2.11. The molecule has 0 fully saturated rings. The minimum atomic E-state index is -0.138. The number of ether oxygens (including phenoxy) is 1. The average molecular weight is 354 g/mol. The molecule has 0 aliphatic heterocycles. The van der Waals surface area contributed by atoms with Crippen LogP contribution in [0, 0.1) is 6.92 Å². The molecule has 0 radical (unpaired) electrons. The van der Waals surface area contributed by atoms with Crippen molar-refractivity contribution < 1.29 is 4.74 Å². The van der Waals surface area contributed by atoms with Gasteiger partial charge in [0.05, 0.1) is 12.0 Å². The molecule has 2 aromatic rings. The maximum Gasteiger partial charge on any atom is 0.0846 e. The molecule has 3 heteroatoms. The van der Waals surface area contributed by atoms with Gasteiger partial charge in [-0.1, -0.05) is 57.9 Å². The second-order valence-electron chi connectivity index (χ2n) is 4.87. The lowest BCUT2D eigenvalue weighted by atomic mass is 10.0. The molecule has 0 saturated heterocycles. The molecule has 0 heterocycles. The van der Waals surface area contributed by atoms with E-state index in [2.05, 4.69) is 59.3 Å². The van der Waals surface area contributed by atoms with E-state index < -0.39 is 0 Å². The Morgan fingerprint density at radius 2 is 1.85 bits per heavy atom. The number of rotatable bonds is 5. The third-order valence-corrected chi connectivity index (χ3v) is 4.50. The first kappa shape index (κ1) is 15.6. The summed E-state index contributed by atoms with van der Waals surface area (Å²) in [6.07, 6.45) is 0.928. The highest BCUT2D eigenvalue weighted by Gasteiger charge is 2.14. The van der Waals surface area contributed by atoms with E-state index in [0.717, 1.165) is 28.6 Å².